The minimum absolute atomic E-state index is 0.651. The Balaban J connectivity index is 1.38. The van der Waals surface area contributed by atoms with Gasteiger partial charge in [0.2, 0.25) is 0 Å². The largest absolute Gasteiger partial charge is 0.309 e. The van der Waals surface area contributed by atoms with Gasteiger partial charge in [0.05, 0.1) is 45.3 Å². The number of hydrogen-bond acceptors (Lipinski definition) is 3. The molecule has 0 radical (unpaired) electrons. The van der Waals surface area contributed by atoms with E-state index in [0.717, 1.165) is 49.6 Å². The molecule has 0 atom stereocenters. The number of benzene rings is 6. The van der Waals surface area contributed by atoms with E-state index in [4.69, 9.17) is 0 Å². The van der Waals surface area contributed by atoms with Crippen molar-refractivity contribution in [2.45, 2.75) is 0 Å². The Morgan fingerprint density at radius 2 is 1.05 bits per heavy atom. The summed E-state index contributed by atoms with van der Waals surface area (Å²) in [7, 11) is 0. The molecule has 0 saturated carbocycles. The van der Waals surface area contributed by atoms with E-state index in [1.807, 2.05) is 47.7 Å². The molecule has 0 spiro atoms. The van der Waals surface area contributed by atoms with Crippen LogP contribution in [0.2, 0.25) is 0 Å². The van der Waals surface area contributed by atoms with Gasteiger partial charge in [0.25, 0.3) is 0 Å². The van der Waals surface area contributed by atoms with E-state index in [0.29, 0.717) is 11.1 Å². The number of para-hydroxylation sites is 1. The maximum absolute atomic E-state index is 9.81. The van der Waals surface area contributed by atoms with Crippen molar-refractivity contribution in [2.75, 3.05) is 0 Å². The molecule has 3 heterocycles. The van der Waals surface area contributed by atoms with Gasteiger partial charge in [0, 0.05) is 53.1 Å². The second kappa shape index (κ2) is 8.81. The zero-order chi connectivity index (χ0) is 28.7. The summed E-state index contributed by atoms with van der Waals surface area (Å²) in [5.74, 6) is 0. The maximum Gasteiger partial charge on any atom is 0.0991 e. The third-order valence-corrected chi connectivity index (χ3v) is 9.68. The van der Waals surface area contributed by atoms with Crippen molar-refractivity contribution in [3.8, 4) is 23.5 Å². The Hall–Kier alpha value is -5.88. The second-order valence-corrected chi connectivity index (χ2v) is 11.9. The van der Waals surface area contributed by atoms with Crippen molar-refractivity contribution in [1.29, 1.82) is 10.5 Å². The van der Waals surface area contributed by atoms with Crippen LogP contribution in [0.3, 0.4) is 0 Å². The molecule has 6 aromatic carbocycles. The van der Waals surface area contributed by atoms with E-state index in [1.165, 1.54) is 25.6 Å². The molecule has 4 nitrogen and oxygen atoms in total. The number of fused-ring (bicyclic) bond motifs is 10. The number of nitrogens with zero attached hydrogens (tertiary/aromatic N) is 4. The van der Waals surface area contributed by atoms with Crippen LogP contribution in [0.4, 0.5) is 0 Å². The standard InChI is InChI=1S/C38H20N4S/c39-21-23-12-14-32-29(18-23)27-8-1-3-10-31(27)41(32)25-6-5-7-26(20-25)42-33-15-13-24(22-40)19-30(33)37-34(42)16-17-36-38(37)28-9-2-4-11-35(28)43-36/h1-20H. The smallest absolute Gasteiger partial charge is 0.0991 e. The Morgan fingerprint density at radius 3 is 1.81 bits per heavy atom. The third kappa shape index (κ3) is 3.29. The normalized spacial score (nSPS) is 11.7. The van der Waals surface area contributed by atoms with Gasteiger partial charge in [-0.1, -0.05) is 42.5 Å². The van der Waals surface area contributed by atoms with Crippen LogP contribution in [0, 0.1) is 22.7 Å². The monoisotopic (exact) mass is 564 g/mol. The fourth-order valence-electron chi connectivity index (χ4n) is 6.77. The molecule has 0 fully saturated rings. The van der Waals surface area contributed by atoms with E-state index in [-0.39, 0.29) is 0 Å². The first-order valence-corrected chi connectivity index (χ1v) is 14.9. The van der Waals surface area contributed by atoms with Crippen LogP contribution in [0.5, 0.6) is 0 Å². The van der Waals surface area contributed by atoms with E-state index < -0.39 is 0 Å². The summed E-state index contributed by atoms with van der Waals surface area (Å²) in [6, 6.07) is 46.6. The molecule has 0 aliphatic rings. The lowest BCUT2D eigenvalue weighted by atomic mass is 10.0. The van der Waals surface area contributed by atoms with Crippen molar-refractivity contribution in [2.24, 2.45) is 0 Å². The number of hydrogen-bond donors (Lipinski definition) is 0. The van der Waals surface area contributed by atoms with Crippen LogP contribution in [0.15, 0.2) is 121 Å². The molecule has 0 unspecified atom stereocenters. The Kier molecular flexibility index (Phi) is 4.87. The average Bonchev–Trinajstić information content (AvgIpc) is 3.71. The summed E-state index contributed by atoms with van der Waals surface area (Å²) in [5, 5.41) is 26.3. The van der Waals surface area contributed by atoms with Crippen LogP contribution in [-0.4, -0.2) is 9.13 Å². The maximum atomic E-state index is 9.81. The molecule has 3 aromatic heterocycles. The molecular weight excluding hydrogens is 545 g/mol. The highest BCUT2D eigenvalue weighted by atomic mass is 32.1. The number of rotatable bonds is 2. The highest BCUT2D eigenvalue weighted by molar-refractivity contribution is 7.26. The fraction of sp³-hybridized carbons (Fsp3) is 0. The first kappa shape index (κ1) is 23.8. The Bertz CT molecular complexity index is 2710. The molecule has 9 aromatic rings. The highest BCUT2D eigenvalue weighted by Crippen LogP contribution is 2.44. The summed E-state index contributed by atoms with van der Waals surface area (Å²) in [4.78, 5) is 0. The van der Waals surface area contributed by atoms with Crippen LogP contribution in [0.25, 0.3) is 75.2 Å². The van der Waals surface area contributed by atoms with Gasteiger partial charge in [-0.3, -0.25) is 0 Å². The van der Waals surface area contributed by atoms with Gasteiger partial charge in [-0.15, -0.1) is 11.3 Å². The highest BCUT2D eigenvalue weighted by Gasteiger charge is 2.19. The molecule has 198 valence electrons. The molecule has 43 heavy (non-hydrogen) atoms. The molecule has 0 bridgehead atoms. The quantitative estimate of drug-likeness (QED) is 0.210. The second-order valence-electron chi connectivity index (χ2n) is 10.8. The van der Waals surface area contributed by atoms with Gasteiger partial charge in [-0.25, -0.2) is 0 Å². The van der Waals surface area contributed by atoms with Crippen LogP contribution in [-0.2, 0) is 0 Å². The van der Waals surface area contributed by atoms with E-state index in [9.17, 15) is 10.5 Å². The van der Waals surface area contributed by atoms with Gasteiger partial charge < -0.3 is 9.13 Å². The summed E-state index contributed by atoms with van der Waals surface area (Å²) in [6.07, 6.45) is 0. The predicted molar refractivity (Wildman–Crippen MR) is 177 cm³/mol. The molecule has 0 aliphatic heterocycles. The topological polar surface area (TPSA) is 57.4 Å². The average molecular weight is 565 g/mol. The van der Waals surface area contributed by atoms with Gasteiger partial charge in [0.15, 0.2) is 0 Å². The van der Waals surface area contributed by atoms with Gasteiger partial charge in [-0.2, -0.15) is 10.5 Å². The summed E-state index contributed by atoms with van der Waals surface area (Å²) in [6.45, 7) is 0. The number of aromatic nitrogens is 2. The minimum atomic E-state index is 0.651. The van der Waals surface area contributed by atoms with Crippen molar-refractivity contribution in [1.82, 2.24) is 9.13 Å². The van der Waals surface area contributed by atoms with E-state index >= 15 is 0 Å². The van der Waals surface area contributed by atoms with Crippen LogP contribution in [0.1, 0.15) is 11.1 Å². The van der Waals surface area contributed by atoms with Gasteiger partial charge in [0.1, 0.15) is 0 Å². The first-order chi connectivity index (χ1) is 21.2. The molecular formula is C38H20N4S. The molecule has 5 heteroatoms. The van der Waals surface area contributed by atoms with Crippen molar-refractivity contribution >= 4 is 75.1 Å². The first-order valence-electron chi connectivity index (χ1n) is 14.1. The summed E-state index contributed by atoms with van der Waals surface area (Å²) >= 11 is 1.81. The lowest BCUT2D eigenvalue weighted by Crippen LogP contribution is -1.98. The predicted octanol–water partition coefficient (Wildman–Crippen LogP) is 9.99. The van der Waals surface area contributed by atoms with Crippen molar-refractivity contribution < 1.29 is 0 Å². The zero-order valence-electron chi connectivity index (χ0n) is 22.7. The van der Waals surface area contributed by atoms with Gasteiger partial charge in [-0.05, 0) is 78.9 Å². The Morgan fingerprint density at radius 1 is 0.442 bits per heavy atom. The minimum Gasteiger partial charge on any atom is -0.309 e. The molecule has 9 rings (SSSR count). The number of thiophene rings is 1. The fourth-order valence-corrected chi connectivity index (χ4v) is 7.88. The molecule has 0 N–H and O–H groups in total. The van der Waals surface area contributed by atoms with Crippen LogP contribution >= 0.6 is 11.3 Å². The molecule has 0 saturated heterocycles. The van der Waals surface area contributed by atoms with Crippen molar-refractivity contribution in [3.63, 3.8) is 0 Å². The van der Waals surface area contributed by atoms with Gasteiger partial charge >= 0.3 is 0 Å². The summed E-state index contributed by atoms with van der Waals surface area (Å²) < 4.78 is 7.10. The Labute approximate surface area is 250 Å². The van der Waals surface area contributed by atoms with Crippen molar-refractivity contribution in [3.05, 3.63) is 132 Å². The zero-order valence-corrected chi connectivity index (χ0v) is 23.6. The van der Waals surface area contributed by atoms with E-state index in [1.54, 1.807) is 0 Å². The number of nitriles is 2. The summed E-state index contributed by atoms with van der Waals surface area (Å²) in [5.41, 5.74) is 7.72. The lowest BCUT2D eigenvalue weighted by molar-refractivity contribution is 1.13. The molecule has 0 aliphatic carbocycles. The third-order valence-electron chi connectivity index (χ3n) is 8.55. The lowest BCUT2D eigenvalue weighted by Gasteiger charge is -2.13. The molecule has 0 amide bonds. The van der Waals surface area contributed by atoms with E-state index in [2.05, 4.69) is 106 Å². The SMILES string of the molecule is N#Cc1ccc2c(c1)c1ccccc1n2-c1cccc(-n2c3ccc(C#N)cc3c3c4c(ccc32)sc2ccccc24)c1. The van der Waals surface area contributed by atoms with Crippen LogP contribution < -0.4 is 0 Å².